The van der Waals surface area contributed by atoms with Gasteiger partial charge in [-0.25, -0.2) is 0 Å². The first-order valence-electron chi connectivity index (χ1n) is 6.45. The summed E-state index contributed by atoms with van der Waals surface area (Å²) >= 11 is 1.66. The molecule has 0 bridgehead atoms. The zero-order valence-electron chi connectivity index (χ0n) is 11.3. The minimum atomic E-state index is -0.188. The van der Waals surface area contributed by atoms with Gasteiger partial charge in [0.2, 0.25) is 0 Å². The number of carbonyl (C=O) groups excluding carboxylic acids is 1. The summed E-state index contributed by atoms with van der Waals surface area (Å²) in [6, 6.07) is 15.7. The van der Waals surface area contributed by atoms with E-state index < -0.39 is 0 Å². The van der Waals surface area contributed by atoms with Gasteiger partial charge in [0.05, 0.1) is 13.0 Å². The zero-order valence-corrected chi connectivity index (χ0v) is 12.2. The Bertz CT molecular complexity index is 564. The maximum absolute atomic E-state index is 11.4. The Hall–Kier alpha value is -1.94. The van der Waals surface area contributed by atoms with E-state index in [-0.39, 0.29) is 5.97 Å². The Labute approximate surface area is 123 Å². The number of carbonyl (C=O) groups is 1. The van der Waals surface area contributed by atoms with Crippen LogP contribution in [0.15, 0.2) is 58.3 Å². The molecule has 2 rings (SSSR count). The first kappa shape index (κ1) is 14.5. The molecule has 20 heavy (non-hydrogen) atoms. The summed E-state index contributed by atoms with van der Waals surface area (Å²) in [4.78, 5) is 13.6. The second kappa shape index (κ2) is 7.01. The number of ether oxygens (including phenoxy) is 1. The van der Waals surface area contributed by atoms with E-state index in [2.05, 4.69) is 0 Å². The average molecular weight is 287 g/mol. The highest BCUT2D eigenvalue weighted by Gasteiger charge is 2.04. The average Bonchev–Trinajstić information content (AvgIpc) is 2.44. The molecule has 0 aliphatic heterocycles. The fourth-order valence-electron chi connectivity index (χ4n) is 1.73. The predicted octanol–water partition coefficient (Wildman–Crippen LogP) is 3.53. The van der Waals surface area contributed by atoms with E-state index in [1.54, 1.807) is 11.8 Å². The second-order valence-corrected chi connectivity index (χ2v) is 5.44. The third-order valence-corrected chi connectivity index (χ3v) is 3.71. The van der Waals surface area contributed by atoms with Crippen molar-refractivity contribution in [2.24, 2.45) is 0 Å². The first-order chi connectivity index (χ1) is 9.67. The van der Waals surface area contributed by atoms with Crippen molar-refractivity contribution < 1.29 is 9.53 Å². The monoisotopic (exact) mass is 287 g/mol. The van der Waals surface area contributed by atoms with Crippen LogP contribution in [-0.2, 0) is 16.0 Å². The molecule has 0 fully saturated rings. The molecule has 0 aliphatic rings. The minimum Gasteiger partial charge on any atom is -0.466 e. The Kier molecular flexibility index (Phi) is 5.07. The van der Waals surface area contributed by atoms with Crippen molar-refractivity contribution >= 4 is 23.4 Å². The van der Waals surface area contributed by atoms with Gasteiger partial charge in [0.25, 0.3) is 0 Å². The zero-order chi connectivity index (χ0) is 14.4. The fraction of sp³-hybridized carbons (Fsp3) is 0.188. The Morgan fingerprint density at radius 3 is 2.15 bits per heavy atom. The molecule has 0 saturated carbocycles. The molecule has 0 amide bonds. The minimum absolute atomic E-state index is 0.188. The summed E-state index contributed by atoms with van der Waals surface area (Å²) in [5.74, 6) is -0.188. The van der Waals surface area contributed by atoms with Crippen LogP contribution in [0.1, 0.15) is 12.5 Å². The van der Waals surface area contributed by atoms with Crippen LogP contribution in [0.2, 0.25) is 0 Å². The van der Waals surface area contributed by atoms with Crippen molar-refractivity contribution in [3.63, 3.8) is 0 Å². The number of benzene rings is 2. The van der Waals surface area contributed by atoms with E-state index in [9.17, 15) is 4.79 Å². The molecular weight excluding hydrogens is 270 g/mol. The number of hydrogen-bond acceptors (Lipinski definition) is 4. The van der Waals surface area contributed by atoms with E-state index in [1.165, 1.54) is 0 Å². The van der Waals surface area contributed by atoms with Crippen molar-refractivity contribution in [2.75, 3.05) is 12.3 Å². The Morgan fingerprint density at radius 1 is 1.05 bits per heavy atom. The lowest BCUT2D eigenvalue weighted by molar-refractivity contribution is -0.142. The van der Waals surface area contributed by atoms with E-state index >= 15 is 0 Å². The number of hydrogen-bond donors (Lipinski definition) is 1. The highest BCUT2D eigenvalue weighted by atomic mass is 32.2. The van der Waals surface area contributed by atoms with Crippen molar-refractivity contribution in [3.05, 3.63) is 54.1 Å². The SMILES string of the molecule is CCOC(=O)Cc1ccc(Sc2ccc(N)cc2)cc1. The maximum Gasteiger partial charge on any atom is 0.310 e. The number of esters is 1. The summed E-state index contributed by atoms with van der Waals surface area (Å²) in [6.07, 6.45) is 0.320. The Balaban J connectivity index is 1.97. The first-order valence-corrected chi connectivity index (χ1v) is 7.27. The highest BCUT2D eigenvalue weighted by molar-refractivity contribution is 7.99. The largest absolute Gasteiger partial charge is 0.466 e. The van der Waals surface area contributed by atoms with Crippen molar-refractivity contribution in [1.29, 1.82) is 0 Å². The molecule has 0 saturated heterocycles. The summed E-state index contributed by atoms with van der Waals surface area (Å²) in [7, 11) is 0. The molecule has 104 valence electrons. The van der Waals surface area contributed by atoms with Crippen LogP contribution < -0.4 is 5.73 Å². The summed E-state index contributed by atoms with van der Waals surface area (Å²) in [6.45, 7) is 2.23. The van der Waals surface area contributed by atoms with Crippen LogP contribution in [0.4, 0.5) is 5.69 Å². The maximum atomic E-state index is 11.4. The van der Waals surface area contributed by atoms with Gasteiger partial charge in [-0.1, -0.05) is 23.9 Å². The van der Waals surface area contributed by atoms with Crippen LogP contribution >= 0.6 is 11.8 Å². The van der Waals surface area contributed by atoms with E-state index in [1.807, 2.05) is 55.5 Å². The van der Waals surface area contributed by atoms with Gasteiger partial charge >= 0.3 is 5.97 Å². The van der Waals surface area contributed by atoms with Gasteiger partial charge in [-0.2, -0.15) is 0 Å². The van der Waals surface area contributed by atoms with Crippen molar-refractivity contribution in [1.82, 2.24) is 0 Å². The standard InChI is InChI=1S/C16H17NO2S/c1-2-19-16(18)11-12-3-7-14(8-4-12)20-15-9-5-13(17)6-10-15/h3-10H,2,11,17H2,1H3. The lowest BCUT2D eigenvalue weighted by atomic mass is 10.1. The molecule has 4 heteroatoms. The molecule has 3 nitrogen and oxygen atoms in total. The number of nitrogen functional groups attached to an aromatic ring is 1. The molecule has 0 radical (unpaired) electrons. The third-order valence-electron chi connectivity index (χ3n) is 2.69. The summed E-state index contributed by atoms with van der Waals surface area (Å²) in [5, 5.41) is 0. The summed E-state index contributed by atoms with van der Waals surface area (Å²) in [5.41, 5.74) is 7.38. The van der Waals surface area contributed by atoms with Gasteiger partial charge in [0, 0.05) is 15.5 Å². The topological polar surface area (TPSA) is 52.3 Å². The van der Waals surface area contributed by atoms with Crippen LogP contribution in [0.3, 0.4) is 0 Å². The van der Waals surface area contributed by atoms with E-state index in [4.69, 9.17) is 10.5 Å². The summed E-state index contributed by atoms with van der Waals surface area (Å²) < 4.78 is 4.93. The lowest BCUT2D eigenvalue weighted by Gasteiger charge is -2.05. The predicted molar refractivity (Wildman–Crippen MR) is 81.8 cm³/mol. The van der Waals surface area contributed by atoms with Gasteiger partial charge in [-0.05, 0) is 48.9 Å². The van der Waals surface area contributed by atoms with Gasteiger partial charge in [0.15, 0.2) is 0 Å². The molecule has 0 aliphatic carbocycles. The quantitative estimate of drug-likeness (QED) is 0.675. The number of rotatable bonds is 5. The van der Waals surface area contributed by atoms with Crippen molar-refractivity contribution in [3.8, 4) is 0 Å². The normalized spacial score (nSPS) is 10.2. The van der Waals surface area contributed by atoms with Gasteiger partial charge in [-0.3, -0.25) is 4.79 Å². The number of nitrogens with two attached hydrogens (primary N) is 1. The molecule has 2 aromatic rings. The molecule has 0 heterocycles. The highest BCUT2D eigenvalue weighted by Crippen LogP contribution is 2.28. The van der Waals surface area contributed by atoms with E-state index in [0.29, 0.717) is 13.0 Å². The van der Waals surface area contributed by atoms with Crippen LogP contribution in [0.5, 0.6) is 0 Å². The van der Waals surface area contributed by atoms with Crippen LogP contribution in [-0.4, -0.2) is 12.6 Å². The molecule has 0 atom stereocenters. The van der Waals surface area contributed by atoms with E-state index in [0.717, 1.165) is 21.0 Å². The second-order valence-electron chi connectivity index (χ2n) is 4.30. The molecule has 0 unspecified atom stereocenters. The molecular formula is C16H17NO2S. The van der Waals surface area contributed by atoms with Gasteiger partial charge < -0.3 is 10.5 Å². The number of anilines is 1. The third kappa shape index (κ3) is 4.31. The van der Waals surface area contributed by atoms with Crippen LogP contribution in [0.25, 0.3) is 0 Å². The molecule has 0 spiro atoms. The lowest BCUT2D eigenvalue weighted by Crippen LogP contribution is -2.07. The Morgan fingerprint density at radius 2 is 1.60 bits per heavy atom. The molecule has 2 aromatic carbocycles. The van der Waals surface area contributed by atoms with Gasteiger partial charge in [0.1, 0.15) is 0 Å². The van der Waals surface area contributed by atoms with Crippen LogP contribution in [0, 0.1) is 0 Å². The smallest absolute Gasteiger partial charge is 0.310 e. The molecule has 0 aromatic heterocycles. The molecule has 2 N–H and O–H groups in total. The van der Waals surface area contributed by atoms with Crippen molar-refractivity contribution in [2.45, 2.75) is 23.1 Å². The fourth-order valence-corrected chi connectivity index (χ4v) is 2.54. The van der Waals surface area contributed by atoms with Gasteiger partial charge in [-0.15, -0.1) is 0 Å².